The zero-order valence-electron chi connectivity index (χ0n) is 17.9. The van der Waals surface area contributed by atoms with Crippen LogP contribution in [0.4, 0.5) is 0 Å². The Morgan fingerprint density at radius 1 is 0.967 bits per heavy atom. The molecule has 1 aliphatic carbocycles. The van der Waals surface area contributed by atoms with Gasteiger partial charge in [0.1, 0.15) is 23.2 Å². The fourth-order valence-corrected chi connectivity index (χ4v) is 4.06. The van der Waals surface area contributed by atoms with Gasteiger partial charge >= 0.3 is 5.97 Å². The van der Waals surface area contributed by atoms with Gasteiger partial charge in [-0.2, -0.15) is 0 Å². The van der Waals surface area contributed by atoms with Crippen LogP contribution < -0.4 is 14.2 Å². The summed E-state index contributed by atoms with van der Waals surface area (Å²) in [7, 11) is 4.62. The Balaban J connectivity index is 2.31. The van der Waals surface area contributed by atoms with Crippen molar-refractivity contribution in [3.63, 3.8) is 0 Å². The summed E-state index contributed by atoms with van der Waals surface area (Å²) in [6.07, 6.45) is 0. The molecule has 158 valence electrons. The monoisotopic (exact) mass is 410 g/mol. The van der Waals surface area contributed by atoms with Gasteiger partial charge < -0.3 is 18.9 Å². The molecular formula is C24H26O6. The van der Waals surface area contributed by atoms with Crippen LogP contribution in [0, 0.1) is 5.92 Å². The maximum Gasteiger partial charge on any atom is 0.317 e. The normalized spacial score (nSPS) is 18.4. The van der Waals surface area contributed by atoms with Crippen LogP contribution >= 0.6 is 0 Å². The fourth-order valence-electron chi connectivity index (χ4n) is 4.06. The topological polar surface area (TPSA) is 71.1 Å². The van der Waals surface area contributed by atoms with Gasteiger partial charge in [-0.3, -0.25) is 9.59 Å². The molecule has 0 unspecified atom stereocenters. The number of ketones is 1. The zero-order chi connectivity index (χ0) is 21.8. The minimum absolute atomic E-state index is 0.186. The number of Topliss-reactive ketones (excluding diaryl/α,β-unsaturated/α-hetero) is 1. The minimum atomic E-state index is -1.02. The third-order valence-corrected chi connectivity index (χ3v) is 5.39. The highest BCUT2D eigenvalue weighted by atomic mass is 16.5. The predicted octanol–water partition coefficient (Wildman–Crippen LogP) is 4.03. The molecule has 6 heteroatoms. The molecule has 1 aliphatic rings. The van der Waals surface area contributed by atoms with Crippen LogP contribution in [0.1, 0.15) is 30.9 Å². The molecular weight excluding hydrogens is 384 g/mol. The Morgan fingerprint density at radius 2 is 1.57 bits per heavy atom. The van der Waals surface area contributed by atoms with Gasteiger partial charge in [-0.05, 0) is 30.6 Å². The van der Waals surface area contributed by atoms with Gasteiger partial charge in [0.15, 0.2) is 5.78 Å². The van der Waals surface area contributed by atoms with E-state index in [0.717, 1.165) is 11.1 Å². The summed E-state index contributed by atoms with van der Waals surface area (Å²) >= 11 is 0. The molecule has 0 amide bonds. The van der Waals surface area contributed by atoms with E-state index in [-0.39, 0.29) is 12.4 Å². The molecule has 2 atom stereocenters. The highest BCUT2D eigenvalue weighted by Gasteiger charge is 2.48. The summed E-state index contributed by atoms with van der Waals surface area (Å²) in [5.74, 6) is -0.949. The standard InChI is InChI=1S/C24H26O6/c1-6-30-24(26)22-21(19(14(2)23(22)25)15-10-8-7-9-11-15)20-17(28-4)12-16(27-3)13-18(20)29-5/h7-13,21-22H,6H2,1-5H3/t21-,22-/m0/s1. The van der Waals surface area contributed by atoms with Crippen LogP contribution in [-0.4, -0.2) is 39.7 Å². The lowest BCUT2D eigenvalue weighted by atomic mass is 9.80. The first kappa shape index (κ1) is 21.4. The lowest BCUT2D eigenvalue weighted by Gasteiger charge is -2.25. The first-order chi connectivity index (χ1) is 14.5. The molecule has 30 heavy (non-hydrogen) atoms. The molecule has 3 rings (SSSR count). The van der Waals surface area contributed by atoms with Gasteiger partial charge in [-0.1, -0.05) is 30.3 Å². The average Bonchev–Trinajstić information content (AvgIpc) is 3.03. The van der Waals surface area contributed by atoms with Crippen LogP contribution in [0.15, 0.2) is 48.0 Å². The Bertz CT molecular complexity index is 951. The molecule has 6 nitrogen and oxygen atoms in total. The van der Waals surface area contributed by atoms with E-state index < -0.39 is 17.8 Å². The number of carbonyl (C=O) groups excluding carboxylic acids is 2. The van der Waals surface area contributed by atoms with Crippen molar-refractivity contribution in [2.75, 3.05) is 27.9 Å². The molecule has 2 aromatic rings. The van der Waals surface area contributed by atoms with Crippen molar-refractivity contribution in [2.45, 2.75) is 19.8 Å². The Labute approximate surface area is 176 Å². The summed E-state index contributed by atoms with van der Waals surface area (Å²) in [4.78, 5) is 26.2. The quantitative estimate of drug-likeness (QED) is 0.507. The lowest BCUT2D eigenvalue weighted by Crippen LogP contribution is -2.28. The number of benzene rings is 2. The predicted molar refractivity (Wildman–Crippen MR) is 113 cm³/mol. The number of carbonyl (C=O) groups is 2. The Morgan fingerprint density at radius 3 is 2.07 bits per heavy atom. The summed E-state index contributed by atoms with van der Waals surface area (Å²) in [5.41, 5.74) is 2.77. The van der Waals surface area contributed by atoms with Gasteiger partial charge in [0, 0.05) is 23.6 Å². The van der Waals surface area contributed by atoms with Crippen LogP contribution in [-0.2, 0) is 14.3 Å². The average molecular weight is 410 g/mol. The number of esters is 1. The van der Waals surface area contributed by atoms with Gasteiger partial charge in [-0.15, -0.1) is 0 Å². The SMILES string of the molecule is CCOC(=O)[C@@H]1C(=O)C(C)=C(c2ccccc2)[C@H]1c1c(OC)cc(OC)cc1OC. The smallest absolute Gasteiger partial charge is 0.317 e. The number of rotatable bonds is 7. The Hall–Kier alpha value is -3.28. The van der Waals surface area contributed by atoms with Crippen LogP contribution in [0.5, 0.6) is 17.2 Å². The van der Waals surface area contributed by atoms with E-state index in [2.05, 4.69) is 0 Å². The maximum absolute atomic E-state index is 13.2. The molecule has 0 spiro atoms. The van der Waals surface area contributed by atoms with Gasteiger partial charge in [0.05, 0.1) is 27.9 Å². The second-order valence-corrected chi connectivity index (χ2v) is 6.92. The second kappa shape index (κ2) is 9.03. The molecule has 0 radical (unpaired) electrons. The number of ether oxygens (including phenoxy) is 4. The van der Waals surface area contributed by atoms with Gasteiger partial charge in [0.2, 0.25) is 0 Å². The van der Waals surface area contributed by atoms with Crippen molar-refractivity contribution in [2.24, 2.45) is 5.92 Å². The molecule has 0 saturated heterocycles. The highest BCUT2D eigenvalue weighted by Crippen LogP contribution is 2.53. The molecule has 0 fully saturated rings. The van der Waals surface area contributed by atoms with Crippen molar-refractivity contribution in [3.8, 4) is 17.2 Å². The van der Waals surface area contributed by atoms with Crippen molar-refractivity contribution in [1.82, 2.24) is 0 Å². The third kappa shape index (κ3) is 3.65. The van der Waals surface area contributed by atoms with Gasteiger partial charge in [0.25, 0.3) is 0 Å². The molecule has 0 bridgehead atoms. The van der Waals surface area contributed by atoms with Gasteiger partial charge in [-0.25, -0.2) is 0 Å². The highest BCUT2D eigenvalue weighted by molar-refractivity contribution is 6.18. The van der Waals surface area contributed by atoms with E-state index in [9.17, 15) is 9.59 Å². The largest absolute Gasteiger partial charge is 0.496 e. The van der Waals surface area contributed by atoms with E-state index in [1.165, 1.54) is 14.2 Å². The van der Waals surface area contributed by atoms with Crippen molar-refractivity contribution in [3.05, 3.63) is 59.2 Å². The van der Waals surface area contributed by atoms with E-state index >= 15 is 0 Å². The molecule has 0 aromatic heterocycles. The molecule has 2 aromatic carbocycles. The summed E-state index contributed by atoms with van der Waals surface area (Å²) < 4.78 is 21.9. The second-order valence-electron chi connectivity index (χ2n) is 6.92. The van der Waals surface area contributed by atoms with E-state index in [1.807, 2.05) is 30.3 Å². The number of hydrogen-bond acceptors (Lipinski definition) is 6. The first-order valence-corrected chi connectivity index (χ1v) is 9.75. The first-order valence-electron chi connectivity index (χ1n) is 9.75. The van der Waals surface area contributed by atoms with Crippen LogP contribution in [0.2, 0.25) is 0 Å². The Kier molecular flexibility index (Phi) is 6.45. The minimum Gasteiger partial charge on any atom is -0.496 e. The van der Waals surface area contributed by atoms with Crippen molar-refractivity contribution in [1.29, 1.82) is 0 Å². The van der Waals surface area contributed by atoms with Crippen LogP contribution in [0.25, 0.3) is 5.57 Å². The summed E-state index contributed by atoms with van der Waals surface area (Å²) in [5, 5.41) is 0. The summed E-state index contributed by atoms with van der Waals surface area (Å²) in [6.45, 7) is 3.66. The lowest BCUT2D eigenvalue weighted by molar-refractivity contribution is -0.150. The number of allylic oxidation sites excluding steroid dienone is 2. The van der Waals surface area contributed by atoms with E-state index in [4.69, 9.17) is 18.9 Å². The molecule has 0 aliphatic heterocycles. The summed E-state index contributed by atoms with van der Waals surface area (Å²) in [6, 6.07) is 13.0. The van der Waals surface area contributed by atoms with Crippen molar-refractivity contribution >= 4 is 17.3 Å². The van der Waals surface area contributed by atoms with E-state index in [1.54, 1.807) is 33.1 Å². The number of methoxy groups -OCH3 is 3. The van der Waals surface area contributed by atoms with E-state index in [0.29, 0.717) is 28.4 Å². The number of hydrogen-bond donors (Lipinski definition) is 0. The van der Waals surface area contributed by atoms with Crippen molar-refractivity contribution < 1.29 is 28.5 Å². The molecule has 0 N–H and O–H groups in total. The third-order valence-electron chi connectivity index (χ3n) is 5.39. The molecule has 0 heterocycles. The maximum atomic E-state index is 13.2. The molecule has 0 saturated carbocycles. The zero-order valence-corrected chi connectivity index (χ0v) is 17.9. The van der Waals surface area contributed by atoms with Crippen LogP contribution in [0.3, 0.4) is 0 Å². The fraction of sp³-hybridized carbons (Fsp3) is 0.333.